The number of non-ortho nitro benzene ring substituents is 1. The molecule has 0 saturated carbocycles. The minimum Gasteiger partial charge on any atom is -0.497 e. The molecule has 0 fully saturated rings. The van der Waals surface area contributed by atoms with E-state index < -0.39 is 22.8 Å². The van der Waals surface area contributed by atoms with Gasteiger partial charge < -0.3 is 19.8 Å². The number of carbonyl (C=O) groups excluding carboxylic acids is 2. The van der Waals surface area contributed by atoms with E-state index in [1.54, 1.807) is 31.0 Å². The fraction of sp³-hybridized carbons (Fsp3) is 0.214. The minimum atomic E-state index is -0.529. The SMILES string of the molecule is COC(=O)CC(CSCc1ccc(OC)cc1)NC(=O)c1cc([N+](=O)[O-])c2[nH]c(-c3ccccc3)cc2c1. The fourth-order valence-electron chi connectivity index (χ4n) is 4.02. The third-order valence-electron chi connectivity index (χ3n) is 5.97. The second-order valence-corrected chi connectivity index (χ2v) is 9.61. The van der Waals surface area contributed by atoms with Crippen LogP contribution < -0.4 is 10.1 Å². The molecule has 1 atom stereocenters. The lowest BCUT2D eigenvalue weighted by atomic mass is 10.1. The van der Waals surface area contributed by atoms with Crippen LogP contribution in [0.25, 0.3) is 22.2 Å². The summed E-state index contributed by atoms with van der Waals surface area (Å²) in [6.45, 7) is 0. The van der Waals surface area contributed by atoms with E-state index >= 15 is 0 Å². The van der Waals surface area contributed by atoms with E-state index in [0.29, 0.717) is 28.1 Å². The third-order valence-corrected chi connectivity index (χ3v) is 7.15. The zero-order chi connectivity index (χ0) is 27.1. The van der Waals surface area contributed by atoms with Gasteiger partial charge in [-0.1, -0.05) is 42.5 Å². The topological polar surface area (TPSA) is 124 Å². The predicted octanol–water partition coefficient (Wildman–Crippen LogP) is 5.35. The number of H-pyrrole nitrogens is 1. The van der Waals surface area contributed by atoms with Crippen molar-refractivity contribution in [3.63, 3.8) is 0 Å². The lowest BCUT2D eigenvalue weighted by molar-refractivity contribution is -0.383. The number of nitro groups is 1. The monoisotopic (exact) mass is 533 g/mol. The lowest BCUT2D eigenvalue weighted by Crippen LogP contribution is -2.38. The molecule has 0 bridgehead atoms. The molecular formula is C28H27N3O6S. The number of nitrogens with zero attached hydrogens (tertiary/aromatic N) is 1. The molecule has 4 aromatic rings. The minimum absolute atomic E-state index is 0.0233. The number of aromatic nitrogens is 1. The van der Waals surface area contributed by atoms with Crippen LogP contribution in [0.1, 0.15) is 22.3 Å². The van der Waals surface area contributed by atoms with Crippen molar-refractivity contribution in [1.82, 2.24) is 10.3 Å². The Morgan fingerprint density at radius 3 is 2.45 bits per heavy atom. The van der Waals surface area contributed by atoms with E-state index in [0.717, 1.165) is 16.9 Å². The van der Waals surface area contributed by atoms with Crippen LogP contribution in [0.2, 0.25) is 0 Å². The molecule has 196 valence electrons. The zero-order valence-electron chi connectivity index (χ0n) is 20.9. The van der Waals surface area contributed by atoms with Gasteiger partial charge in [0, 0.05) is 40.3 Å². The Balaban J connectivity index is 1.53. The Morgan fingerprint density at radius 1 is 1.05 bits per heavy atom. The summed E-state index contributed by atoms with van der Waals surface area (Å²) in [5, 5.41) is 15.2. The van der Waals surface area contributed by atoms with E-state index in [4.69, 9.17) is 9.47 Å². The van der Waals surface area contributed by atoms with Crippen LogP contribution in [0, 0.1) is 10.1 Å². The van der Waals surface area contributed by atoms with Crippen LogP contribution >= 0.6 is 11.8 Å². The molecular weight excluding hydrogens is 506 g/mol. The lowest BCUT2D eigenvalue weighted by Gasteiger charge is -2.18. The average Bonchev–Trinajstić information content (AvgIpc) is 3.37. The first-order valence-corrected chi connectivity index (χ1v) is 13.0. The number of rotatable bonds is 11. The maximum absolute atomic E-state index is 13.2. The van der Waals surface area contributed by atoms with E-state index in [1.165, 1.54) is 13.2 Å². The van der Waals surface area contributed by atoms with Crippen molar-refractivity contribution in [2.24, 2.45) is 0 Å². The normalized spacial score (nSPS) is 11.6. The Bertz CT molecular complexity index is 1440. The molecule has 0 radical (unpaired) electrons. The molecule has 2 N–H and O–H groups in total. The first-order chi connectivity index (χ1) is 18.4. The van der Waals surface area contributed by atoms with E-state index in [2.05, 4.69) is 10.3 Å². The van der Waals surface area contributed by atoms with Crippen molar-refractivity contribution < 1.29 is 24.0 Å². The second kappa shape index (κ2) is 12.3. The van der Waals surface area contributed by atoms with Crippen molar-refractivity contribution in [3.05, 3.63) is 94.0 Å². The Labute approximate surface area is 223 Å². The molecule has 1 unspecified atom stereocenters. The molecule has 1 amide bonds. The highest BCUT2D eigenvalue weighted by atomic mass is 32.2. The first kappa shape index (κ1) is 26.7. The summed E-state index contributed by atoms with van der Waals surface area (Å²) >= 11 is 1.55. The molecule has 0 aliphatic carbocycles. The number of nitrogens with one attached hydrogen (secondary N) is 2. The van der Waals surface area contributed by atoms with Crippen LogP contribution in [-0.4, -0.2) is 47.8 Å². The van der Waals surface area contributed by atoms with E-state index in [9.17, 15) is 19.7 Å². The number of carbonyl (C=O) groups is 2. The Kier molecular flexibility index (Phi) is 8.65. The van der Waals surface area contributed by atoms with Gasteiger partial charge in [-0.25, -0.2) is 0 Å². The maximum atomic E-state index is 13.2. The van der Waals surface area contributed by atoms with Crippen molar-refractivity contribution in [2.75, 3.05) is 20.0 Å². The smallest absolute Gasteiger partial charge is 0.307 e. The molecule has 4 rings (SSSR count). The summed E-state index contributed by atoms with van der Waals surface area (Å²) < 4.78 is 9.98. The van der Waals surface area contributed by atoms with Gasteiger partial charge in [0.25, 0.3) is 11.6 Å². The van der Waals surface area contributed by atoms with E-state index in [1.807, 2.05) is 54.6 Å². The van der Waals surface area contributed by atoms with Crippen LogP contribution in [0.3, 0.4) is 0 Å². The zero-order valence-corrected chi connectivity index (χ0v) is 21.7. The number of nitro benzene ring substituents is 1. The summed E-state index contributed by atoms with van der Waals surface area (Å²) in [6, 6.07) is 21.2. The van der Waals surface area contributed by atoms with Crippen LogP contribution in [0.5, 0.6) is 5.75 Å². The summed E-state index contributed by atoms with van der Waals surface area (Å²) in [5.41, 5.74) is 2.93. The first-order valence-electron chi connectivity index (χ1n) is 11.8. The van der Waals surface area contributed by atoms with Crippen LogP contribution in [-0.2, 0) is 15.3 Å². The molecule has 0 saturated heterocycles. The highest BCUT2D eigenvalue weighted by molar-refractivity contribution is 7.98. The number of amides is 1. The second-order valence-electron chi connectivity index (χ2n) is 8.58. The van der Waals surface area contributed by atoms with Gasteiger partial charge in [0.15, 0.2) is 0 Å². The summed E-state index contributed by atoms with van der Waals surface area (Å²) in [7, 11) is 2.90. The third kappa shape index (κ3) is 6.51. The van der Waals surface area contributed by atoms with Gasteiger partial charge in [-0.15, -0.1) is 0 Å². The predicted molar refractivity (Wildman–Crippen MR) is 147 cm³/mol. The number of methoxy groups -OCH3 is 2. The van der Waals surface area contributed by atoms with Gasteiger partial charge in [-0.05, 0) is 35.4 Å². The van der Waals surface area contributed by atoms with Gasteiger partial charge in [0.2, 0.25) is 0 Å². The molecule has 1 heterocycles. The maximum Gasteiger partial charge on any atom is 0.307 e. The van der Waals surface area contributed by atoms with Crippen molar-refractivity contribution in [1.29, 1.82) is 0 Å². The number of benzene rings is 3. The number of esters is 1. The van der Waals surface area contributed by atoms with Gasteiger partial charge in [0.1, 0.15) is 11.3 Å². The van der Waals surface area contributed by atoms with Gasteiger partial charge >= 0.3 is 5.97 Å². The quantitative estimate of drug-likeness (QED) is 0.151. The van der Waals surface area contributed by atoms with Gasteiger partial charge in [-0.2, -0.15) is 11.8 Å². The molecule has 0 aliphatic rings. The van der Waals surface area contributed by atoms with Crippen molar-refractivity contribution in [3.8, 4) is 17.0 Å². The largest absolute Gasteiger partial charge is 0.497 e. The van der Waals surface area contributed by atoms with Crippen molar-refractivity contribution >= 4 is 40.2 Å². The molecule has 0 spiro atoms. The highest BCUT2D eigenvalue weighted by Crippen LogP contribution is 2.31. The van der Waals surface area contributed by atoms with Gasteiger partial charge in [-0.3, -0.25) is 19.7 Å². The average molecular weight is 534 g/mol. The number of fused-ring (bicyclic) bond motifs is 1. The Morgan fingerprint density at radius 2 is 1.79 bits per heavy atom. The van der Waals surface area contributed by atoms with E-state index in [-0.39, 0.29) is 17.7 Å². The molecule has 10 heteroatoms. The summed E-state index contributed by atoms with van der Waals surface area (Å²) in [4.78, 5) is 39.6. The van der Waals surface area contributed by atoms with Crippen molar-refractivity contribution in [2.45, 2.75) is 18.2 Å². The fourth-order valence-corrected chi connectivity index (χ4v) is 5.05. The van der Waals surface area contributed by atoms with Crippen LogP contribution in [0.15, 0.2) is 72.8 Å². The molecule has 9 nitrogen and oxygen atoms in total. The molecule has 1 aromatic heterocycles. The number of hydrogen-bond acceptors (Lipinski definition) is 7. The summed E-state index contributed by atoms with van der Waals surface area (Å²) in [6.07, 6.45) is -0.0233. The van der Waals surface area contributed by atoms with Gasteiger partial charge in [0.05, 0.1) is 25.6 Å². The summed E-state index contributed by atoms with van der Waals surface area (Å²) in [5.74, 6) is 0.912. The number of thioether (sulfide) groups is 1. The Hall–Kier alpha value is -4.31. The highest BCUT2D eigenvalue weighted by Gasteiger charge is 2.23. The standard InChI is InChI=1S/C28H27N3O6S/c1-36-23-10-8-18(9-11-23)16-38-17-22(15-26(32)37-2)29-28(33)21-12-20-13-24(19-6-4-3-5-7-19)30-27(20)25(14-21)31(34)35/h3-14,22,30H,15-17H2,1-2H3,(H,29,33). The molecule has 3 aromatic carbocycles. The number of aromatic amines is 1. The number of hydrogen-bond donors (Lipinski definition) is 2. The molecule has 38 heavy (non-hydrogen) atoms. The number of ether oxygens (including phenoxy) is 2. The van der Waals surface area contributed by atoms with Crippen LogP contribution in [0.4, 0.5) is 5.69 Å². The molecule has 0 aliphatic heterocycles.